The summed E-state index contributed by atoms with van der Waals surface area (Å²) in [5.41, 5.74) is 0. The van der Waals surface area contributed by atoms with E-state index in [9.17, 15) is 0 Å². The summed E-state index contributed by atoms with van der Waals surface area (Å²) in [7, 11) is 0. The van der Waals surface area contributed by atoms with E-state index in [-0.39, 0.29) is 0 Å². The number of nitrogens with zero attached hydrogens (tertiary/aromatic N) is 1. The molecule has 4 heteroatoms. The minimum atomic E-state index is 0.459. The largest absolute Gasteiger partial charge is 0.352 e. The maximum atomic E-state index is 4.22. The third kappa shape index (κ3) is 2.93. The summed E-state index contributed by atoms with van der Waals surface area (Å²) in [5.74, 6) is 0.873. The van der Waals surface area contributed by atoms with E-state index in [0.29, 0.717) is 6.04 Å². The van der Waals surface area contributed by atoms with Crippen molar-refractivity contribution in [3.05, 3.63) is 11.1 Å². The Kier molecular flexibility index (Phi) is 2.93. The fourth-order valence-electron chi connectivity index (χ4n) is 0.839. The van der Waals surface area contributed by atoms with Gasteiger partial charge in [0.15, 0.2) is 5.96 Å². The van der Waals surface area contributed by atoms with Gasteiger partial charge in [0.2, 0.25) is 0 Å². The summed E-state index contributed by atoms with van der Waals surface area (Å²) in [6, 6.07) is 0.459. The van der Waals surface area contributed by atoms with Crippen LogP contribution in [0.5, 0.6) is 0 Å². The summed E-state index contributed by atoms with van der Waals surface area (Å²) in [6.07, 6.45) is 0. The molecule has 1 aliphatic rings. The Morgan fingerprint density at radius 2 is 2.73 bits per heavy atom. The molecule has 11 heavy (non-hydrogen) atoms. The quantitative estimate of drug-likeness (QED) is 0.720. The lowest BCUT2D eigenvalue weighted by molar-refractivity contribution is 0.717. The molecule has 0 bridgehead atoms. The fraction of sp³-hybridized carbons (Fsp3) is 0.571. The van der Waals surface area contributed by atoms with Crippen molar-refractivity contribution in [2.45, 2.75) is 13.0 Å². The van der Waals surface area contributed by atoms with Gasteiger partial charge in [0.1, 0.15) is 0 Å². The number of rotatable bonds is 2. The van der Waals surface area contributed by atoms with Crippen LogP contribution in [0.15, 0.2) is 16.1 Å². The van der Waals surface area contributed by atoms with E-state index in [2.05, 4.69) is 45.1 Å². The molecule has 0 aromatic carbocycles. The number of aliphatic imine (C=N–C) groups is 1. The third-order valence-electron chi connectivity index (χ3n) is 1.35. The van der Waals surface area contributed by atoms with Gasteiger partial charge in [-0.05, 0) is 6.92 Å². The van der Waals surface area contributed by atoms with Gasteiger partial charge in [-0.1, -0.05) is 22.5 Å². The minimum Gasteiger partial charge on any atom is -0.352 e. The van der Waals surface area contributed by atoms with Gasteiger partial charge >= 0.3 is 0 Å². The maximum Gasteiger partial charge on any atom is 0.191 e. The first kappa shape index (κ1) is 8.59. The predicted molar refractivity (Wildman–Crippen MR) is 51.0 cm³/mol. The summed E-state index contributed by atoms with van der Waals surface area (Å²) >= 11 is 3.26. The second kappa shape index (κ2) is 3.76. The highest BCUT2D eigenvalue weighted by Gasteiger charge is 2.10. The first-order chi connectivity index (χ1) is 5.18. The molecule has 1 heterocycles. The number of hydrogen-bond donors (Lipinski definition) is 2. The average Bonchev–Trinajstić information content (AvgIpc) is 2.31. The molecule has 62 valence electrons. The zero-order valence-corrected chi connectivity index (χ0v) is 8.11. The van der Waals surface area contributed by atoms with Crippen molar-refractivity contribution in [2.24, 2.45) is 4.99 Å². The van der Waals surface area contributed by atoms with Gasteiger partial charge in [0.25, 0.3) is 0 Å². The van der Waals surface area contributed by atoms with Crippen molar-refractivity contribution in [3.63, 3.8) is 0 Å². The van der Waals surface area contributed by atoms with Crippen molar-refractivity contribution < 1.29 is 0 Å². The van der Waals surface area contributed by atoms with Gasteiger partial charge in [0.05, 0.1) is 6.54 Å². The topological polar surface area (TPSA) is 36.4 Å². The van der Waals surface area contributed by atoms with E-state index in [1.807, 2.05) is 0 Å². The van der Waals surface area contributed by atoms with Gasteiger partial charge < -0.3 is 10.6 Å². The number of hydrogen-bond acceptors (Lipinski definition) is 3. The number of halogens is 1. The normalized spacial score (nSPS) is 22.4. The summed E-state index contributed by atoms with van der Waals surface area (Å²) in [5, 5.41) is 6.29. The molecular formula is C7H12BrN3. The van der Waals surface area contributed by atoms with Crippen LogP contribution in [0, 0.1) is 0 Å². The zero-order chi connectivity index (χ0) is 8.27. The highest BCUT2D eigenvalue weighted by Crippen LogP contribution is 1.98. The predicted octanol–water partition coefficient (Wildman–Crippen LogP) is 0.832. The van der Waals surface area contributed by atoms with Gasteiger partial charge in [-0.15, -0.1) is 0 Å². The van der Waals surface area contributed by atoms with Gasteiger partial charge in [-0.2, -0.15) is 0 Å². The molecule has 0 amide bonds. The summed E-state index contributed by atoms with van der Waals surface area (Å²) in [6.45, 7) is 7.38. The Labute approximate surface area is 75.1 Å². The smallest absolute Gasteiger partial charge is 0.191 e. The Morgan fingerprint density at radius 1 is 2.00 bits per heavy atom. The average molecular weight is 218 g/mol. The third-order valence-corrected chi connectivity index (χ3v) is 1.63. The second-order valence-electron chi connectivity index (χ2n) is 2.61. The Hall–Kier alpha value is -0.510. The molecule has 0 spiro atoms. The van der Waals surface area contributed by atoms with Crippen LogP contribution in [0.1, 0.15) is 6.92 Å². The molecule has 0 radical (unpaired) electrons. The monoisotopic (exact) mass is 217 g/mol. The Balaban J connectivity index is 2.23. The van der Waals surface area contributed by atoms with Crippen molar-refractivity contribution in [2.75, 3.05) is 13.1 Å². The van der Waals surface area contributed by atoms with Crippen LogP contribution in [0.2, 0.25) is 0 Å². The van der Waals surface area contributed by atoms with Gasteiger partial charge in [-0.3, -0.25) is 4.99 Å². The molecule has 0 saturated heterocycles. The minimum absolute atomic E-state index is 0.459. The lowest BCUT2D eigenvalue weighted by Crippen LogP contribution is -2.37. The van der Waals surface area contributed by atoms with E-state index < -0.39 is 0 Å². The molecule has 3 nitrogen and oxygen atoms in total. The van der Waals surface area contributed by atoms with Crippen LogP contribution in [0.3, 0.4) is 0 Å². The second-order valence-corrected chi connectivity index (χ2v) is 3.73. The molecule has 0 fully saturated rings. The molecule has 0 aliphatic carbocycles. The molecule has 1 atom stereocenters. The molecule has 1 aliphatic heterocycles. The molecule has 2 N–H and O–H groups in total. The van der Waals surface area contributed by atoms with Crippen molar-refractivity contribution in [1.29, 1.82) is 0 Å². The summed E-state index contributed by atoms with van der Waals surface area (Å²) < 4.78 is 0.932. The first-order valence-corrected chi connectivity index (χ1v) is 4.36. The molecule has 1 unspecified atom stereocenters. The number of nitrogens with one attached hydrogen (secondary N) is 2. The van der Waals surface area contributed by atoms with Crippen LogP contribution < -0.4 is 10.6 Å². The van der Waals surface area contributed by atoms with Crippen molar-refractivity contribution >= 4 is 21.9 Å². The molecule has 0 saturated carbocycles. The van der Waals surface area contributed by atoms with Crippen LogP contribution >= 0.6 is 15.9 Å². The van der Waals surface area contributed by atoms with Crippen LogP contribution in [0.25, 0.3) is 0 Å². The lowest BCUT2D eigenvalue weighted by atomic mass is 10.4. The van der Waals surface area contributed by atoms with E-state index >= 15 is 0 Å². The van der Waals surface area contributed by atoms with E-state index in [4.69, 9.17) is 0 Å². The fourth-order valence-corrected chi connectivity index (χ4v) is 0.980. The van der Waals surface area contributed by atoms with E-state index in [1.165, 1.54) is 0 Å². The van der Waals surface area contributed by atoms with Gasteiger partial charge in [-0.25, -0.2) is 0 Å². The zero-order valence-electron chi connectivity index (χ0n) is 6.52. The molecular weight excluding hydrogens is 206 g/mol. The molecule has 0 aromatic rings. The maximum absolute atomic E-state index is 4.22. The van der Waals surface area contributed by atoms with Crippen LogP contribution in [0.4, 0.5) is 0 Å². The van der Waals surface area contributed by atoms with Crippen LogP contribution in [-0.4, -0.2) is 25.1 Å². The molecule has 0 aromatic heterocycles. The summed E-state index contributed by atoms with van der Waals surface area (Å²) in [4.78, 5) is 4.22. The standard InChI is InChI=1S/C7H12BrN3/c1-5(8)3-9-7-10-4-6(2)11-7/h6H,1,3-4H2,2H3,(H2,9,10,11). The van der Waals surface area contributed by atoms with E-state index in [1.54, 1.807) is 0 Å². The van der Waals surface area contributed by atoms with Gasteiger partial charge in [0, 0.05) is 17.1 Å². The highest BCUT2D eigenvalue weighted by atomic mass is 79.9. The Morgan fingerprint density at radius 3 is 3.18 bits per heavy atom. The first-order valence-electron chi connectivity index (χ1n) is 3.56. The van der Waals surface area contributed by atoms with Crippen LogP contribution in [-0.2, 0) is 0 Å². The Bertz CT molecular complexity index is 188. The highest BCUT2D eigenvalue weighted by molar-refractivity contribution is 9.11. The van der Waals surface area contributed by atoms with Crippen molar-refractivity contribution in [1.82, 2.24) is 10.6 Å². The molecule has 1 rings (SSSR count). The van der Waals surface area contributed by atoms with E-state index in [0.717, 1.165) is 23.5 Å². The lowest BCUT2D eigenvalue weighted by Gasteiger charge is -2.07. The number of guanidine groups is 1. The SMILES string of the molecule is C=C(Br)CNC1=NCC(C)N1. The van der Waals surface area contributed by atoms with Crippen molar-refractivity contribution in [3.8, 4) is 0 Å².